The van der Waals surface area contributed by atoms with Gasteiger partial charge in [-0.15, -0.1) is 0 Å². The lowest BCUT2D eigenvalue weighted by molar-refractivity contribution is -0.140. The first kappa shape index (κ1) is 16.6. The molecule has 2 aromatic carbocycles. The minimum atomic E-state index is -0.387. The Bertz CT molecular complexity index is 976. The molecule has 1 fully saturated rings. The molecule has 1 aliphatic heterocycles. The Morgan fingerprint density at radius 3 is 2.77 bits per heavy atom. The van der Waals surface area contributed by atoms with E-state index >= 15 is 0 Å². The number of likely N-dealkylation sites (tertiary alicyclic amines) is 1. The molecule has 2 amide bonds. The van der Waals surface area contributed by atoms with E-state index in [0.717, 1.165) is 34.8 Å². The summed E-state index contributed by atoms with van der Waals surface area (Å²) in [6.07, 6.45) is 3.06. The van der Waals surface area contributed by atoms with E-state index in [1.165, 1.54) is 0 Å². The molecule has 3 aromatic rings. The zero-order valence-electron chi connectivity index (χ0n) is 14.8. The van der Waals surface area contributed by atoms with Gasteiger partial charge in [-0.2, -0.15) is 0 Å². The third kappa shape index (κ3) is 2.94. The lowest BCUT2D eigenvalue weighted by Crippen LogP contribution is -2.49. The molecule has 1 saturated heterocycles. The molecule has 26 heavy (non-hydrogen) atoms. The third-order valence-electron chi connectivity index (χ3n) is 5.07. The number of nitrogens with zero attached hydrogens (tertiary/aromatic N) is 1. The number of anilines is 1. The minimum absolute atomic E-state index is 0.0394. The summed E-state index contributed by atoms with van der Waals surface area (Å²) in [6.45, 7) is 2.49. The average molecular weight is 350 g/mol. The maximum Gasteiger partial charge on any atom is 0.247 e. The van der Waals surface area contributed by atoms with Crippen molar-refractivity contribution in [2.75, 3.05) is 11.9 Å². The van der Waals surface area contributed by atoms with E-state index in [4.69, 9.17) is 4.42 Å². The van der Waals surface area contributed by atoms with E-state index in [1.807, 2.05) is 49.4 Å². The normalized spacial score (nSPS) is 17.6. The fraction of sp³-hybridized carbons (Fsp3) is 0.333. The first-order valence-corrected chi connectivity index (χ1v) is 9.19. The van der Waals surface area contributed by atoms with Crippen molar-refractivity contribution in [2.45, 2.75) is 38.6 Å². The van der Waals surface area contributed by atoms with Crippen molar-refractivity contribution >= 4 is 39.4 Å². The Morgan fingerprint density at radius 2 is 1.92 bits per heavy atom. The van der Waals surface area contributed by atoms with Crippen LogP contribution in [0.1, 0.15) is 32.6 Å². The minimum Gasteiger partial charge on any atom is -0.456 e. The Hall–Kier alpha value is -2.82. The van der Waals surface area contributed by atoms with Gasteiger partial charge in [0, 0.05) is 35.5 Å². The Labute approximate surface area is 152 Å². The zero-order valence-corrected chi connectivity index (χ0v) is 14.8. The van der Waals surface area contributed by atoms with Crippen molar-refractivity contribution in [2.24, 2.45) is 0 Å². The molecule has 1 aromatic heterocycles. The Kier molecular flexibility index (Phi) is 4.37. The van der Waals surface area contributed by atoms with Gasteiger partial charge in [0.15, 0.2) is 0 Å². The summed E-state index contributed by atoms with van der Waals surface area (Å²) in [4.78, 5) is 26.6. The molecule has 1 unspecified atom stereocenters. The van der Waals surface area contributed by atoms with Gasteiger partial charge in [0.05, 0.1) is 0 Å². The molecule has 1 aliphatic rings. The molecule has 0 spiro atoms. The first-order chi connectivity index (χ1) is 12.7. The molecular weight excluding hydrogens is 328 g/mol. The first-order valence-electron chi connectivity index (χ1n) is 9.19. The van der Waals surface area contributed by atoms with E-state index < -0.39 is 0 Å². The largest absolute Gasteiger partial charge is 0.456 e. The molecule has 1 N–H and O–H groups in total. The lowest BCUT2D eigenvalue weighted by atomic mass is 10.0. The van der Waals surface area contributed by atoms with Gasteiger partial charge >= 0.3 is 0 Å². The SMILES string of the molecule is CCC(=O)N1CCCCC1C(=O)Nc1ccc2c(c1)oc1ccccc12. The molecule has 5 nitrogen and oxygen atoms in total. The van der Waals surface area contributed by atoms with E-state index in [0.29, 0.717) is 25.1 Å². The van der Waals surface area contributed by atoms with Crippen LogP contribution in [0, 0.1) is 0 Å². The lowest BCUT2D eigenvalue weighted by Gasteiger charge is -2.34. The number of rotatable bonds is 3. The Morgan fingerprint density at radius 1 is 1.12 bits per heavy atom. The van der Waals surface area contributed by atoms with Crippen LogP contribution in [-0.2, 0) is 9.59 Å². The van der Waals surface area contributed by atoms with E-state index in [9.17, 15) is 9.59 Å². The number of fused-ring (bicyclic) bond motifs is 3. The summed E-state index contributed by atoms with van der Waals surface area (Å²) in [5, 5.41) is 5.05. The highest BCUT2D eigenvalue weighted by Crippen LogP contribution is 2.30. The topological polar surface area (TPSA) is 62.6 Å². The van der Waals surface area contributed by atoms with Gasteiger partial charge in [-0.25, -0.2) is 0 Å². The molecular formula is C21H22N2O3. The number of piperidine rings is 1. The summed E-state index contributed by atoms with van der Waals surface area (Å²) in [5.74, 6) is -0.0838. The van der Waals surface area contributed by atoms with Crippen molar-refractivity contribution in [1.29, 1.82) is 0 Å². The quantitative estimate of drug-likeness (QED) is 0.765. The van der Waals surface area contributed by atoms with Crippen LogP contribution in [0.15, 0.2) is 46.9 Å². The summed E-state index contributed by atoms with van der Waals surface area (Å²) in [5.41, 5.74) is 2.27. The van der Waals surface area contributed by atoms with Crippen LogP contribution in [0.4, 0.5) is 5.69 Å². The number of amides is 2. The maximum atomic E-state index is 12.8. The number of furan rings is 1. The summed E-state index contributed by atoms with van der Waals surface area (Å²) in [7, 11) is 0. The highest BCUT2D eigenvalue weighted by molar-refractivity contribution is 6.06. The maximum absolute atomic E-state index is 12.8. The number of benzene rings is 2. The molecule has 2 heterocycles. The molecule has 134 valence electrons. The number of nitrogens with one attached hydrogen (secondary N) is 1. The number of hydrogen-bond donors (Lipinski definition) is 1. The summed E-state index contributed by atoms with van der Waals surface area (Å²) in [6, 6.07) is 13.2. The van der Waals surface area contributed by atoms with Crippen molar-refractivity contribution in [3.8, 4) is 0 Å². The van der Waals surface area contributed by atoms with Crippen LogP contribution in [0.25, 0.3) is 21.9 Å². The number of carbonyl (C=O) groups excluding carboxylic acids is 2. The standard InChI is InChI=1S/C21H22N2O3/c1-2-20(24)23-12-6-5-8-17(23)21(25)22-14-10-11-16-15-7-3-4-9-18(15)26-19(16)13-14/h3-4,7,9-11,13,17H,2,5-6,8,12H2,1H3,(H,22,25). The van der Waals surface area contributed by atoms with Gasteiger partial charge in [-0.05, 0) is 37.5 Å². The molecule has 4 rings (SSSR count). The van der Waals surface area contributed by atoms with Gasteiger partial charge in [-0.1, -0.05) is 25.1 Å². The predicted molar refractivity (Wildman–Crippen MR) is 102 cm³/mol. The smallest absolute Gasteiger partial charge is 0.247 e. The van der Waals surface area contributed by atoms with E-state index in [2.05, 4.69) is 5.32 Å². The molecule has 5 heteroatoms. The fourth-order valence-corrected chi connectivity index (χ4v) is 3.73. The monoisotopic (exact) mass is 350 g/mol. The molecule has 0 aliphatic carbocycles. The number of para-hydroxylation sites is 1. The van der Waals surface area contributed by atoms with E-state index in [-0.39, 0.29) is 17.9 Å². The van der Waals surface area contributed by atoms with Gasteiger partial charge in [0.1, 0.15) is 17.2 Å². The second kappa shape index (κ2) is 6.83. The highest BCUT2D eigenvalue weighted by atomic mass is 16.3. The van der Waals surface area contributed by atoms with Gasteiger partial charge < -0.3 is 14.6 Å². The summed E-state index contributed by atoms with van der Waals surface area (Å²) < 4.78 is 5.88. The summed E-state index contributed by atoms with van der Waals surface area (Å²) >= 11 is 0. The van der Waals surface area contributed by atoms with Gasteiger partial charge in [-0.3, -0.25) is 9.59 Å². The van der Waals surface area contributed by atoms with Crippen LogP contribution in [0.2, 0.25) is 0 Å². The molecule has 0 saturated carbocycles. The van der Waals surface area contributed by atoms with E-state index in [1.54, 1.807) is 4.90 Å². The van der Waals surface area contributed by atoms with Gasteiger partial charge in [0.2, 0.25) is 11.8 Å². The number of hydrogen-bond acceptors (Lipinski definition) is 3. The number of carbonyl (C=O) groups is 2. The second-order valence-electron chi connectivity index (χ2n) is 6.75. The van der Waals surface area contributed by atoms with Crippen molar-refractivity contribution in [1.82, 2.24) is 4.90 Å². The fourth-order valence-electron chi connectivity index (χ4n) is 3.73. The Balaban J connectivity index is 1.58. The van der Waals surface area contributed by atoms with Crippen LogP contribution >= 0.6 is 0 Å². The van der Waals surface area contributed by atoms with Crippen molar-refractivity contribution in [3.05, 3.63) is 42.5 Å². The molecule has 0 radical (unpaired) electrons. The second-order valence-corrected chi connectivity index (χ2v) is 6.75. The predicted octanol–water partition coefficient (Wildman–Crippen LogP) is 4.32. The van der Waals surface area contributed by atoms with Crippen LogP contribution in [0.5, 0.6) is 0 Å². The molecule has 1 atom stereocenters. The van der Waals surface area contributed by atoms with Crippen molar-refractivity contribution < 1.29 is 14.0 Å². The van der Waals surface area contributed by atoms with Crippen molar-refractivity contribution in [3.63, 3.8) is 0 Å². The third-order valence-corrected chi connectivity index (χ3v) is 5.07. The van der Waals surface area contributed by atoms with Gasteiger partial charge in [0.25, 0.3) is 0 Å². The average Bonchev–Trinajstić information content (AvgIpc) is 3.05. The van der Waals surface area contributed by atoms with Crippen LogP contribution in [-0.4, -0.2) is 29.3 Å². The molecule has 0 bridgehead atoms. The highest BCUT2D eigenvalue weighted by Gasteiger charge is 2.31. The van der Waals surface area contributed by atoms with Crippen LogP contribution in [0.3, 0.4) is 0 Å². The zero-order chi connectivity index (χ0) is 18.1. The van der Waals surface area contributed by atoms with Crippen LogP contribution < -0.4 is 5.32 Å².